The molecule has 1 fully saturated rings. The van der Waals surface area contributed by atoms with Crippen molar-refractivity contribution in [3.8, 4) is 11.5 Å². The SMILES string of the molecule is O=C(Cc1cccs1)N1CCC(c2ccc3c(c2)OCO3)C1. The van der Waals surface area contributed by atoms with Crippen molar-refractivity contribution in [2.75, 3.05) is 19.9 Å². The van der Waals surface area contributed by atoms with E-state index in [2.05, 4.69) is 12.1 Å². The summed E-state index contributed by atoms with van der Waals surface area (Å²) in [5.74, 6) is 2.25. The van der Waals surface area contributed by atoms with Gasteiger partial charge in [-0.1, -0.05) is 12.1 Å². The molecule has 5 heteroatoms. The maximum atomic E-state index is 12.4. The van der Waals surface area contributed by atoms with E-state index in [1.54, 1.807) is 11.3 Å². The van der Waals surface area contributed by atoms with Gasteiger partial charge < -0.3 is 14.4 Å². The van der Waals surface area contributed by atoms with Gasteiger partial charge in [-0.3, -0.25) is 4.79 Å². The van der Waals surface area contributed by atoms with Crippen LogP contribution in [0.3, 0.4) is 0 Å². The van der Waals surface area contributed by atoms with Crippen LogP contribution in [0.4, 0.5) is 0 Å². The Morgan fingerprint density at radius 3 is 3.05 bits per heavy atom. The van der Waals surface area contributed by atoms with Crippen LogP contribution in [0.1, 0.15) is 22.8 Å². The maximum absolute atomic E-state index is 12.4. The first-order chi connectivity index (χ1) is 10.8. The molecule has 1 unspecified atom stereocenters. The molecule has 1 saturated heterocycles. The van der Waals surface area contributed by atoms with Crippen molar-refractivity contribution in [3.63, 3.8) is 0 Å². The van der Waals surface area contributed by atoms with Crippen molar-refractivity contribution in [2.24, 2.45) is 0 Å². The Kier molecular flexibility index (Phi) is 3.50. The molecule has 0 radical (unpaired) electrons. The van der Waals surface area contributed by atoms with Crippen LogP contribution in [-0.2, 0) is 11.2 Å². The number of hydrogen-bond donors (Lipinski definition) is 0. The second kappa shape index (κ2) is 5.65. The first-order valence-corrected chi connectivity index (χ1v) is 8.37. The molecule has 4 rings (SSSR count). The smallest absolute Gasteiger partial charge is 0.231 e. The molecule has 114 valence electrons. The minimum absolute atomic E-state index is 0.227. The number of carbonyl (C=O) groups is 1. The molecule has 1 amide bonds. The number of fused-ring (bicyclic) bond motifs is 1. The van der Waals surface area contributed by atoms with Crippen molar-refractivity contribution in [2.45, 2.75) is 18.8 Å². The zero-order chi connectivity index (χ0) is 14.9. The predicted octanol–water partition coefficient (Wildman–Crippen LogP) is 3.04. The van der Waals surface area contributed by atoms with Crippen LogP contribution >= 0.6 is 11.3 Å². The molecule has 2 aliphatic rings. The van der Waals surface area contributed by atoms with Crippen LogP contribution in [-0.4, -0.2) is 30.7 Å². The van der Waals surface area contributed by atoms with Gasteiger partial charge in [-0.05, 0) is 35.6 Å². The summed E-state index contributed by atoms with van der Waals surface area (Å²) in [5.41, 5.74) is 1.23. The lowest BCUT2D eigenvalue weighted by Gasteiger charge is -2.16. The quantitative estimate of drug-likeness (QED) is 0.874. The first kappa shape index (κ1) is 13.6. The van der Waals surface area contributed by atoms with Crippen LogP contribution in [0.15, 0.2) is 35.7 Å². The number of hydrogen-bond acceptors (Lipinski definition) is 4. The van der Waals surface area contributed by atoms with Gasteiger partial charge in [-0.15, -0.1) is 11.3 Å². The van der Waals surface area contributed by atoms with Gasteiger partial charge >= 0.3 is 0 Å². The van der Waals surface area contributed by atoms with E-state index in [4.69, 9.17) is 9.47 Å². The summed E-state index contributed by atoms with van der Waals surface area (Å²) in [6, 6.07) is 10.1. The van der Waals surface area contributed by atoms with Gasteiger partial charge in [-0.2, -0.15) is 0 Å². The summed E-state index contributed by atoms with van der Waals surface area (Å²) in [6.07, 6.45) is 1.53. The zero-order valence-electron chi connectivity index (χ0n) is 12.2. The van der Waals surface area contributed by atoms with Crippen LogP contribution in [0.2, 0.25) is 0 Å². The summed E-state index contributed by atoms with van der Waals surface area (Å²) in [5, 5.41) is 2.02. The van der Waals surface area contributed by atoms with Crippen LogP contribution in [0.5, 0.6) is 11.5 Å². The first-order valence-electron chi connectivity index (χ1n) is 7.49. The monoisotopic (exact) mass is 315 g/mol. The molecule has 2 aliphatic heterocycles. The summed E-state index contributed by atoms with van der Waals surface area (Å²) in [4.78, 5) is 15.5. The summed E-state index contributed by atoms with van der Waals surface area (Å²) < 4.78 is 10.8. The van der Waals surface area contributed by atoms with Gasteiger partial charge in [0.25, 0.3) is 0 Å². The number of carbonyl (C=O) groups excluding carboxylic acids is 1. The van der Waals surface area contributed by atoms with E-state index in [9.17, 15) is 4.79 Å². The fourth-order valence-corrected chi connectivity index (χ4v) is 3.80. The summed E-state index contributed by atoms with van der Waals surface area (Å²) in [7, 11) is 0. The van der Waals surface area contributed by atoms with Gasteiger partial charge in [0, 0.05) is 23.9 Å². The van der Waals surface area contributed by atoms with Crippen molar-refractivity contribution in [3.05, 3.63) is 46.2 Å². The van der Waals surface area contributed by atoms with Crippen molar-refractivity contribution in [1.29, 1.82) is 0 Å². The number of likely N-dealkylation sites (tertiary alicyclic amines) is 1. The molecule has 0 aliphatic carbocycles. The molecular weight excluding hydrogens is 298 g/mol. The Morgan fingerprint density at radius 1 is 1.27 bits per heavy atom. The Hall–Kier alpha value is -2.01. The van der Waals surface area contributed by atoms with E-state index in [0.29, 0.717) is 19.1 Å². The largest absolute Gasteiger partial charge is 0.454 e. The predicted molar refractivity (Wildman–Crippen MR) is 84.5 cm³/mol. The molecule has 0 N–H and O–H groups in total. The van der Waals surface area contributed by atoms with Gasteiger partial charge in [0.2, 0.25) is 12.7 Å². The number of nitrogens with zero attached hydrogens (tertiary/aromatic N) is 1. The highest BCUT2D eigenvalue weighted by Gasteiger charge is 2.28. The number of rotatable bonds is 3. The Balaban J connectivity index is 1.42. The Labute approximate surface area is 133 Å². The van der Waals surface area contributed by atoms with Crippen LogP contribution < -0.4 is 9.47 Å². The van der Waals surface area contributed by atoms with Gasteiger partial charge in [0.15, 0.2) is 11.5 Å². The topological polar surface area (TPSA) is 38.8 Å². The van der Waals surface area contributed by atoms with Crippen LogP contribution in [0, 0.1) is 0 Å². The Morgan fingerprint density at radius 2 is 2.18 bits per heavy atom. The highest BCUT2D eigenvalue weighted by atomic mass is 32.1. The minimum atomic E-state index is 0.227. The molecular formula is C17H17NO3S. The molecule has 1 aromatic carbocycles. The zero-order valence-corrected chi connectivity index (χ0v) is 13.0. The van der Waals surface area contributed by atoms with Crippen LogP contribution in [0.25, 0.3) is 0 Å². The standard InChI is InChI=1S/C17H17NO3S/c19-17(9-14-2-1-7-22-14)18-6-5-13(10-18)12-3-4-15-16(8-12)21-11-20-15/h1-4,7-8,13H,5-6,9-11H2. The lowest BCUT2D eigenvalue weighted by atomic mass is 9.98. The number of benzene rings is 1. The average Bonchev–Trinajstić information content (AvgIpc) is 3.27. The molecule has 4 nitrogen and oxygen atoms in total. The number of amides is 1. The third-order valence-corrected chi connectivity index (χ3v) is 5.19. The van der Waals surface area contributed by atoms with Crippen molar-refractivity contribution in [1.82, 2.24) is 4.90 Å². The highest BCUT2D eigenvalue weighted by Crippen LogP contribution is 2.37. The minimum Gasteiger partial charge on any atom is -0.454 e. The van der Waals surface area contributed by atoms with E-state index in [1.165, 1.54) is 5.56 Å². The third kappa shape index (κ3) is 2.57. The van der Waals surface area contributed by atoms with E-state index >= 15 is 0 Å². The summed E-state index contributed by atoms with van der Waals surface area (Å²) >= 11 is 1.64. The molecule has 22 heavy (non-hydrogen) atoms. The second-order valence-electron chi connectivity index (χ2n) is 5.69. The van der Waals surface area contributed by atoms with E-state index in [-0.39, 0.29) is 5.91 Å². The molecule has 0 saturated carbocycles. The third-order valence-electron chi connectivity index (χ3n) is 4.31. The average molecular weight is 315 g/mol. The Bertz CT molecular complexity index is 683. The van der Waals surface area contributed by atoms with Crippen molar-refractivity contribution >= 4 is 17.2 Å². The van der Waals surface area contributed by atoms with E-state index < -0.39 is 0 Å². The molecule has 0 spiro atoms. The number of thiophene rings is 1. The lowest BCUT2D eigenvalue weighted by Crippen LogP contribution is -2.29. The van der Waals surface area contributed by atoms with Gasteiger partial charge in [-0.25, -0.2) is 0 Å². The molecule has 0 bridgehead atoms. The normalized spacial score (nSPS) is 19.6. The fourth-order valence-electron chi connectivity index (χ4n) is 3.10. The van der Waals surface area contributed by atoms with Gasteiger partial charge in [0.1, 0.15) is 0 Å². The van der Waals surface area contributed by atoms with E-state index in [0.717, 1.165) is 35.9 Å². The fraction of sp³-hybridized carbons (Fsp3) is 0.353. The molecule has 1 aromatic heterocycles. The molecule has 2 aromatic rings. The lowest BCUT2D eigenvalue weighted by molar-refractivity contribution is -0.129. The molecule has 3 heterocycles. The molecule has 1 atom stereocenters. The van der Waals surface area contributed by atoms with Crippen molar-refractivity contribution < 1.29 is 14.3 Å². The summed E-state index contributed by atoms with van der Waals surface area (Å²) in [6.45, 7) is 1.93. The maximum Gasteiger partial charge on any atom is 0.231 e. The van der Waals surface area contributed by atoms with E-state index in [1.807, 2.05) is 28.5 Å². The second-order valence-corrected chi connectivity index (χ2v) is 6.73. The number of ether oxygens (including phenoxy) is 2. The van der Waals surface area contributed by atoms with Gasteiger partial charge in [0.05, 0.1) is 6.42 Å². The highest BCUT2D eigenvalue weighted by molar-refractivity contribution is 7.10.